The van der Waals surface area contributed by atoms with Crippen molar-refractivity contribution in [2.75, 3.05) is 51.2 Å². The normalized spacial score (nSPS) is 16.6. The second kappa shape index (κ2) is 7.22. The Bertz CT molecular complexity index is 408. The van der Waals surface area contributed by atoms with Gasteiger partial charge in [0.05, 0.1) is 5.69 Å². The molecule has 19 heavy (non-hydrogen) atoms. The number of nitrogens with zero attached hydrogens (tertiary/aromatic N) is 2. The number of halogens is 2. The molecule has 0 atom stereocenters. The van der Waals surface area contributed by atoms with Gasteiger partial charge in [-0.3, -0.25) is 0 Å². The van der Waals surface area contributed by atoms with Gasteiger partial charge in [0.15, 0.2) is 0 Å². The molecule has 1 heterocycles. The van der Waals surface area contributed by atoms with E-state index in [1.54, 1.807) is 6.07 Å². The molecule has 1 aromatic carbocycles. The Labute approximate surface area is 122 Å². The number of rotatable bonds is 5. The van der Waals surface area contributed by atoms with Crippen LogP contribution in [0.4, 0.5) is 10.1 Å². The first-order valence-electron chi connectivity index (χ1n) is 6.76. The molecule has 106 valence electrons. The van der Waals surface area contributed by atoms with E-state index in [1.165, 1.54) is 6.07 Å². The molecule has 0 saturated carbocycles. The van der Waals surface area contributed by atoms with E-state index in [0.717, 1.165) is 50.2 Å². The van der Waals surface area contributed by atoms with Gasteiger partial charge in [-0.15, -0.1) is 0 Å². The van der Waals surface area contributed by atoms with Gasteiger partial charge in [0.1, 0.15) is 5.82 Å². The van der Waals surface area contributed by atoms with E-state index in [1.807, 2.05) is 18.0 Å². The monoisotopic (exact) mass is 329 g/mol. The molecule has 3 nitrogen and oxygen atoms in total. The fraction of sp³-hybridized carbons (Fsp3) is 0.571. The van der Waals surface area contributed by atoms with Crippen LogP contribution in [0.1, 0.15) is 6.42 Å². The van der Waals surface area contributed by atoms with Crippen LogP contribution < -0.4 is 10.2 Å². The average molecular weight is 330 g/mol. The van der Waals surface area contributed by atoms with E-state index in [-0.39, 0.29) is 5.82 Å². The van der Waals surface area contributed by atoms with Crippen LogP contribution in [0.3, 0.4) is 0 Å². The van der Waals surface area contributed by atoms with Crippen molar-refractivity contribution in [1.29, 1.82) is 0 Å². The molecule has 1 saturated heterocycles. The minimum Gasteiger partial charge on any atom is -0.372 e. The van der Waals surface area contributed by atoms with Crippen LogP contribution in [0.25, 0.3) is 0 Å². The van der Waals surface area contributed by atoms with E-state index in [2.05, 4.69) is 26.1 Å². The standard InChI is InChI=1S/C14H21BrFN3/c1-18(14-11-12(15)3-4-13(14)16)7-2-8-19-9-5-17-6-10-19/h3-4,11,17H,2,5-10H2,1H3. The van der Waals surface area contributed by atoms with Crippen molar-refractivity contribution in [3.05, 3.63) is 28.5 Å². The predicted octanol–water partition coefficient (Wildman–Crippen LogP) is 2.32. The number of piperazine rings is 1. The van der Waals surface area contributed by atoms with Crippen molar-refractivity contribution < 1.29 is 4.39 Å². The quantitative estimate of drug-likeness (QED) is 0.894. The highest BCUT2D eigenvalue weighted by atomic mass is 79.9. The van der Waals surface area contributed by atoms with E-state index < -0.39 is 0 Å². The van der Waals surface area contributed by atoms with Crippen LogP contribution in [0.15, 0.2) is 22.7 Å². The zero-order chi connectivity index (χ0) is 13.7. The topological polar surface area (TPSA) is 18.5 Å². The lowest BCUT2D eigenvalue weighted by Crippen LogP contribution is -2.44. The lowest BCUT2D eigenvalue weighted by atomic mass is 10.2. The SMILES string of the molecule is CN(CCCN1CCNCC1)c1cc(Br)ccc1F. The van der Waals surface area contributed by atoms with Crippen LogP contribution in [-0.2, 0) is 0 Å². The minimum absolute atomic E-state index is 0.159. The summed E-state index contributed by atoms with van der Waals surface area (Å²) in [7, 11) is 1.95. The van der Waals surface area contributed by atoms with E-state index in [9.17, 15) is 4.39 Å². The molecule has 1 aromatic rings. The summed E-state index contributed by atoms with van der Waals surface area (Å²) in [6.45, 7) is 6.36. The average Bonchev–Trinajstić information content (AvgIpc) is 2.42. The summed E-state index contributed by atoms with van der Waals surface area (Å²) in [5.41, 5.74) is 0.662. The number of nitrogens with one attached hydrogen (secondary N) is 1. The highest BCUT2D eigenvalue weighted by Gasteiger charge is 2.11. The maximum absolute atomic E-state index is 13.7. The summed E-state index contributed by atoms with van der Waals surface area (Å²) < 4.78 is 14.6. The molecule has 1 aliphatic rings. The van der Waals surface area contributed by atoms with Crippen molar-refractivity contribution in [2.45, 2.75) is 6.42 Å². The van der Waals surface area contributed by atoms with Gasteiger partial charge >= 0.3 is 0 Å². The molecule has 0 bridgehead atoms. The lowest BCUT2D eigenvalue weighted by molar-refractivity contribution is 0.239. The summed E-state index contributed by atoms with van der Waals surface area (Å²) in [6.07, 6.45) is 1.06. The molecule has 0 radical (unpaired) electrons. The van der Waals surface area contributed by atoms with Crippen molar-refractivity contribution in [3.8, 4) is 0 Å². The molecule has 1 aliphatic heterocycles. The zero-order valence-electron chi connectivity index (χ0n) is 11.3. The first-order valence-corrected chi connectivity index (χ1v) is 7.55. The van der Waals surface area contributed by atoms with Crippen LogP contribution in [0, 0.1) is 5.82 Å². The Hall–Kier alpha value is -0.650. The Kier molecular flexibility index (Phi) is 5.60. The van der Waals surface area contributed by atoms with Crippen LogP contribution in [0.5, 0.6) is 0 Å². The van der Waals surface area contributed by atoms with E-state index in [4.69, 9.17) is 0 Å². The predicted molar refractivity (Wildman–Crippen MR) is 81.3 cm³/mol. The van der Waals surface area contributed by atoms with Crippen molar-refractivity contribution >= 4 is 21.6 Å². The number of anilines is 1. The van der Waals surface area contributed by atoms with Gasteiger partial charge in [-0.1, -0.05) is 15.9 Å². The van der Waals surface area contributed by atoms with Gasteiger partial charge in [-0.25, -0.2) is 4.39 Å². The van der Waals surface area contributed by atoms with Gasteiger partial charge in [0, 0.05) is 44.2 Å². The smallest absolute Gasteiger partial charge is 0.146 e. The summed E-state index contributed by atoms with van der Waals surface area (Å²) in [4.78, 5) is 4.45. The van der Waals surface area contributed by atoms with Crippen LogP contribution in [0.2, 0.25) is 0 Å². The fourth-order valence-electron chi connectivity index (χ4n) is 2.37. The van der Waals surface area contributed by atoms with Crippen LogP contribution in [-0.4, -0.2) is 51.2 Å². The molecule has 0 spiro atoms. The van der Waals surface area contributed by atoms with Crippen molar-refractivity contribution in [1.82, 2.24) is 10.2 Å². The third-order valence-electron chi connectivity index (χ3n) is 3.50. The molecule has 0 aromatic heterocycles. The molecule has 1 N–H and O–H groups in total. The maximum Gasteiger partial charge on any atom is 0.146 e. The summed E-state index contributed by atoms with van der Waals surface area (Å²) in [5.74, 6) is -0.159. The summed E-state index contributed by atoms with van der Waals surface area (Å²) in [5, 5.41) is 3.35. The molecule has 5 heteroatoms. The second-order valence-corrected chi connectivity index (χ2v) is 5.88. The van der Waals surface area contributed by atoms with E-state index >= 15 is 0 Å². The molecule has 0 amide bonds. The fourth-order valence-corrected chi connectivity index (χ4v) is 2.71. The molecule has 2 rings (SSSR count). The zero-order valence-corrected chi connectivity index (χ0v) is 12.9. The van der Waals surface area contributed by atoms with Crippen molar-refractivity contribution in [2.24, 2.45) is 0 Å². The van der Waals surface area contributed by atoms with Gasteiger partial charge in [-0.2, -0.15) is 0 Å². The van der Waals surface area contributed by atoms with E-state index in [0.29, 0.717) is 5.69 Å². The Morgan fingerprint density at radius 3 is 2.84 bits per heavy atom. The Balaban J connectivity index is 1.80. The van der Waals surface area contributed by atoms with Crippen molar-refractivity contribution in [3.63, 3.8) is 0 Å². The van der Waals surface area contributed by atoms with Gasteiger partial charge in [0.2, 0.25) is 0 Å². The summed E-state index contributed by atoms with van der Waals surface area (Å²) >= 11 is 3.39. The first kappa shape index (κ1) is 14.8. The molecule has 0 unspecified atom stereocenters. The minimum atomic E-state index is -0.159. The summed E-state index contributed by atoms with van der Waals surface area (Å²) in [6, 6.07) is 5.07. The molecular formula is C14H21BrFN3. The third-order valence-corrected chi connectivity index (χ3v) is 3.99. The lowest BCUT2D eigenvalue weighted by Gasteiger charge is -2.28. The van der Waals surface area contributed by atoms with Crippen LogP contribution >= 0.6 is 15.9 Å². The third kappa shape index (κ3) is 4.44. The number of benzene rings is 1. The van der Waals surface area contributed by atoms with Gasteiger partial charge in [-0.05, 0) is 31.2 Å². The maximum atomic E-state index is 13.7. The molecule has 0 aliphatic carbocycles. The Morgan fingerprint density at radius 1 is 1.37 bits per heavy atom. The highest BCUT2D eigenvalue weighted by molar-refractivity contribution is 9.10. The largest absolute Gasteiger partial charge is 0.372 e. The van der Waals surface area contributed by atoms with Gasteiger partial charge < -0.3 is 15.1 Å². The second-order valence-electron chi connectivity index (χ2n) is 4.96. The van der Waals surface area contributed by atoms with Gasteiger partial charge in [0.25, 0.3) is 0 Å². The first-order chi connectivity index (χ1) is 9.16. The Morgan fingerprint density at radius 2 is 2.11 bits per heavy atom. The number of hydrogen-bond donors (Lipinski definition) is 1. The number of hydrogen-bond acceptors (Lipinski definition) is 3. The molecular weight excluding hydrogens is 309 g/mol. The molecule has 1 fully saturated rings. The highest BCUT2D eigenvalue weighted by Crippen LogP contribution is 2.23.